The van der Waals surface area contributed by atoms with Gasteiger partial charge < -0.3 is 25.1 Å². The number of fused-ring (bicyclic) bond motifs is 1. The Balaban J connectivity index is 1.10. The van der Waals surface area contributed by atoms with E-state index in [1.807, 2.05) is 84.9 Å². The van der Waals surface area contributed by atoms with Gasteiger partial charge in [0, 0.05) is 45.5 Å². The molecule has 6 aromatic rings. The predicted molar refractivity (Wildman–Crippen MR) is 196 cm³/mol. The molecule has 1 heterocycles. The number of rotatable bonds is 12. The summed E-state index contributed by atoms with van der Waals surface area (Å²) in [5.41, 5.74) is 2.50. The number of benzene rings is 5. The molecular formula is C40H33N3O5S. The van der Waals surface area contributed by atoms with Crippen LogP contribution in [0.2, 0.25) is 0 Å². The molecule has 0 aliphatic carbocycles. The number of methoxy groups -OCH3 is 1. The molecule has 5 aromatic carbocycles. The summed E-state index contributed by atoms with van der Waals surface area (Å²) in [6, 6.07) is 40.7. The number of anilines is 2. The highest BCUT2D eigenvalue weighted by molar-refractivity contribution is 7.99. The summed E-state index contributed by atoms with van der Waals surface area (Å²) in [5.74, 6) is 1.14. The van der Waals surface area contributed by atoms with E-state index < -0.39 is 11.8 Å². The minimum absolute atomic E-state index is 0.00504. The van der Waals surface area contributed by atoms with E-state index in [-0.39, 0.29) is 11.6 Å². The molecule has 49 heavy (non-hydrogen) atoms. The van der Waals surface area contributed by atoms with Crippen molar-refractivity contribution in [1.82, 2.24) is 5.32 Å². The van der Waals surface area contributed by atoms with E-state index in [1.54, 1.807) is 67.4 Å². The van der Waals surface area contributed by atoms with Gasteiger partial charge in [-0.3, -0.25) is 14.4 Å². The van der Waals surface area contributed by atoms with Crippen molar-refractivity contribution < 1.29 is 23.5 Å². The number of furan rings is 1. The van der Waals surface area contributed by atoms with Gasteiger partial charge in [-0.05, 0) is 72.1 Å². The Morgan fingerprint density at radius 2 is 1.49 bits per heavy atom. The molecule has 9 heteroatoms. The second kappa shape index (κ2) is 15.7. The molecule has 1 aromatic heterocycles. The second-order valence-corrected chi connectivity index (χ2v) is 12.1. The van der Waals surface area contributed by atoms with E-state index in [2.05, 4.69) is 16.0 Å². The topological polar surface area (TPSA) is 110 Å². The molecule has 0 saturated heterocycles. The van der Waals surface area contributed by atoms with Gasteiger partial charge >= 0.3 is 0 Å². The highest BCUT2D eigenvalue weighted by Crippen LogP contribution is 2.31. The summed E-state index contributed by atoms with van der Waals surface area (Å²) in [6.45, 7) is 0. The number of para-hydroxylation sites is 1. The lowest BCUT2D eigenvalue weighted by Gasteiger charge is -2.11. The Morgan fingerprint density at radius 3 is 2.31 bits per heavy atom. The van der Waals surface area contributed by atoms with Gasteiger partial charge in [0.2, 0.25) is 5.91 Å². The van der Waals surface area contributed by atoms with Crippen molar-refractivity contribution in [3.63, 3.8) is 0 Å². The molecule has 0 aliphatic rings. The fourth-order valence-corrected chi connectivity index (χ4v) is 6.00. The summed E-state index contributed by atoms with van der Waals surface area (Å²) in [7, 11) is 1.59. The van der Waals surface area contributed by atoms with E-state index in [0.29, 0.717) is 40.7 Å². The minimum atomic E-state index is -0.523. The van der Waals surface area contributed by atoms with Crippen LogP contribution in [0.15, 0.2) is 148 Å². The van der Waals surface area contributed by atoms with Crippen LogP contribution in [0, 0.1) is 0 Å². The highest BCUT2D eigenvalue weighted by Gasteiger charge is 2.17. The summed E-state index contributed by atoms with van der Waals surface area (Å²) in [4.78, 5) is 40.2. The predicted octanol–water partition coefficient (Wildman–Crippen LogP) is 8.64. The third kappa shape index (κ3) is 8.46. The van der Waals surface area contributed by atoms with E-state index in [9.17, 15) is 14.4 Å². The molecule has 8 nitrogen and oxygen atoms in total. The third-order valence-electron chi connectivity index (χ3n) is 7.59. The van der Waals surface area contributed by atoms with Crippen molar-refractivity contribution in [3.8, 4) is 17.1 Å². The van der Waals surface area contributed by atoms with Crippen LogP contribution in [0.5, 0.6) is 5.75 Å². The van der Waals surface area contributed by atoms with Crippen LogP contribution in [0.4, 0.5) is 11.4 Å². The van der Waals surface area contributed by atoms with E-state index in [0.717, 1.165) is 26.9 Å². The van der Waals surface area contributed by atoms with Gasteiger partial charge in [-0.15, -0.1) is 11.8 Å². The maximum Gasteiger partial charge on any atom is 0.272 e. The molecule has 244 valence electrons. The number of ether oxygens (including phenoxy) is 1. The first-order valence-electron chi connectivity index (χ1n) is 15.6. The first-order chi connectivity index (χ1) is 24.0. The molecule has 0 spiro atoms. The molecular weight excluding hydrogens is 635 g/mol. The quantitative estimate of drug-likeness (QED) is 0.0891. The molecule has 0 saturated carbocycles. The number of thioether (sulfide) groups is 1. The van der Waals surface area contributed by atoms with Crippen LogP contribution in [0.1, 0.15) is 22.5 Å². The molecule has 6 rings (SSSR count). The van der Waals surface area contributed by atoms with Gasteiger partial charge in [-0.25, -0.2) is 0 Å². The monoisotopic (exact) mass is 667 g/mol. The molecule has 3 amide bonds. The number of carbonyl (C=O) groups is 3. The van der Waals surface area contributed by atoms with E-state index in [4.69, 9.17) is 9.15 Å². The number of amides is 3. The van der Waals surface area contributed by atoms with Gasteiger partial charge in [-0.1, -0.05) is 66.7 Å². The van der Waals surface area contributed by atoms with Crippen molar-refractivity contribution in [2.75, 3.05) is 23.5 Å². The Hall–Kier alpha value is -6.06. The lowest BCUT2D eigenvalue weighted by atomic mass is 10.1. The van der Waals surface area contributed by atoms with E-state index in [1.165, 1.54) is 6.08 Å². The smallest absolute Gasteiger partial charge is 0.272 e. The zero-order valence-electron chi connectivity index (χ0n) is 26.6. The number of carbonyl (C=O) groups excluding carboxylic acids is 3. The van der Waals surface area contributed by atoms with Crippen LogP contribution in [0.25, 0.3) is 28.2 Å². The first-order valence-corrected chi connectivity index (χ1v) is 16.6. The summed E-state index contributed by atoms with van der Waals surface area (Å²) in [5, 5.41) is 10.7. The average molecular weight is 668 g/mol. The van der Waals surface area contributed by atoms with Crippen molar-refractivity contribution in [1.29, 1.82) is 0 Å². The lowest BCUT2D eigenvalue weighted by Crippen LogP contribution is -2.30. The van der Waals surface area contributed by atoms with Crippen molar-refractivity contribution in [2.24, 2.45) is 0 Å². The average Bonchev–Trinajstić information content (AvgIpc) is 3.61. The van der Waals surface area contributed by atoms with Crippen LogP contribution in [0.3, 0.4) is 0 Å². The lowest BCUT2D eigenvalue weighted by molar-refractivity contribution is -0.116. The van der Waals surface area contributed by atoms with E-state index >= 15 is 0 Å². The summed E-state index contributed by atoms with van der Waals surface area (Å²) >= 11 is 1.54. The van der Waals surface area contributed by atoms with Gasteiger partial charge in [0.15, 0.2) is 0 Å². The second-order valence-electron chi connectivity index (χ2n) is 10.9. The van der Waals surface area contributed by atoms with Gasteiger partial charge in [0.25, 0.3) is 11.8 Å². The Labute approximate surface area is 288 Å². The van der Waals surface area contributed by atoms with Crippen LogP contribution in [-0.2, 0) is 9.59 Å². The standard InChI is InChI=1S/C40H33N3O5S/c1-47-36-17-8-7-15-33(36)37-23-20-30(48-37)26-35(43-39(45)28-11-3-2-4-12-28)40(46)41-29-18-21-31(22-19-29)49-25-24-38(44)42-34-16-9-13-27-10-5-6-14-32(27)34/h2-23,26H,24-25H2,1H3,(H,41,46)(H,42,44)(H,43,45)/b35-26+. The largest absolute Gasteiger partial charge is 0.496 e. The van der Waals surface area contributed by atoms with Gasteiger partial charge in [-0.2, -0.15) is 0 Å². The van der Waals surface area contributed by atoms with Gasteiger partial charge in [0.05, 0.1) is 12.7 Å². The number of hydrogen-bond donors (Lipinski definition) is 3. The molecule has 0 radical (unpaired) electrons. The van der Waals surface area contributed by atoms with Crippen LogP contribution < -0.4 is 20.7 Å². The first kappa shape index (κ1) is 32.9. The van der Waals surface area contributed by atoms with Crippen molar-refractivity contribution in [3.05, 3.63) is 150 Å². The third-order valence-corrected chi connectivity index (χ3v) is 8.60. The highest BCUT2D eigenvalue weighted by atomic mass is 32.2. The molecule has 3 N–H and O–H groups in total. The number of nitrogens with one attached hydrogen (secondary N) is 3. The Kier molecular flexibility index (Phi) is 10.5. The van der Waals surface area contributed by atoms with Gasteiger partial charge in [0.1, 0.15) is 23.0 Å². The molecule has 0 unspecified atom stereocenters. The molecule has 0 aliphatic heterocycles. The zero-order valence-corrected chi connectivity index (χ0v) is 27.5. The zero-order chi connectivity index (χ0) is 34.0. The molecule has 0 bridgehead atoms. The Morgan fingerprint density at radius 1 is 0.755 bits per heavy atom. The molecule has 0 atom stereocenters. The van der Waals surface area contributed by atoms with Crippen LogP contribution in [-0.4, -0.2) is 30.6 Å². The van der Waals surface area contributed by atoms with Crippen molar-refractivity contribution in [2.45, 2.75) is 11.3 Å². The minimum Gasteiger partial charge on any atom is -0.496 e. The van der Waals surface area contributed by atoms with Crippen molar-refractivity contribution >= 4 is 57.7 Å². The summed E-state index contributed by atoms with van der Waals surface area (Å²) in [6.07, 6.45) is 1.83. The SMILES string of the molecule is COc1ccccc1-c1ccc(/C=C(/NC(=O)c2ccccc2)C(=O)Nc2ccc(SCCC(=O)Nc3cccc4ccccc34)cc2)o1. The molecule has 0 fully saturated rings. The maximum absolute atomic E-state index is 13.5. The fraction of sp³-hybridized carbons (Fsp3) is 0.0750. The summed E-state index contributed by atoms with van der Waals surface area (Å²) < 4.78 is 11.5. The fourth-order valence-electron chi connectivity index (χ4n) is 5.15. The maximum atomic E-state index is 13.5. The number of hydrogen-bond acceptors (Lipinski definition) is 6. The Bertz CT molecular complexity index is 2120. The normalized spacial score (nSPS) is 11.2. The van der Waals surface area contributed by atoms with Crippen LogP contribution >= 0.6 is 11.8 Å².